The van der Waals surface area contributed by atoms with Crippen molar-refractivity contribution in [2.45, 2.75) is 31.8 Å². The van der Waals surface area contributed by atoms with Gasteiger partial charge in [0.1, 0.15) is 23.3 Å². The van der Waals surface area contributed by atoms with Crippen molar-refractivity contribution in [1.82, 2.24) is 0 Å². The first-order chi connectivity index (χ1) is 31.8. The lowest BCUT2D eigenvalue weighted by Crippen LogP contribution is -2.36. The van der Waals surface area contributed by atoms with Crippen LogP contribution in [0.25, 0.3) is 33.0 Å². The molecule has 0 amide bonds. The second-order valence-corrected chi connectivity index (χ2v) is 16.6. The smallest absolute Gasteiger partial charge is 0.340 e. The van der Waals surface area contributed by atoms with Crippen molar-refractivity contribution in [3.8, 4) is 45.6 Å². The number of hydrogen-bond acceptors (Lipinski definition) is 6. The molecule has 0 aliphatic carbocycles. The van der Waals surface area contributed by atoms with Crippen molar-refractivity contribution < 1.29 is 37.6 Å². The van der Waals surface area contributed by atoms with Gasteiger partial charge in [-0.2, -0.15) is 9.83 Å². The number of esters is 1. The molecular weight excluding hydrogens is 809 g/mol. The molecule has 0 saturated heterocycles. The summed E-state index contributed by atoms with van der Waals surface area (Å²) in [5.74, 6) is 0.569. The van der Waals surface area contributed by atoms with Gasteiger partial charge in [-0.15, -0.1) is 0 Å². The number of phenolic OH excluding ortho intramolecular Hbond substituents is 1. The van der Waals surface area contributed by atoms with Crippen molar-refractivity contribution in [3.63, 3.8) is 0 Å². The molecule has 2 aliphatic heterocycles. The van der Waals surface area contributed by atoms with Gasteiger partial charge in [0.15, 0.2) is 74.8 Å². The van der Waals surface area contributed by atoms with E-state index in [1.54, 1.807) is 18.2 Å². The summed E-state index contributed by atoms with van der Waals surface area (Å²) >= 11 is 0. The van der Waals surface area contributed by atoms with Gasteiger partial charge in [0.25, 0.3) is 0 Å². The molecule has 0 radical (unpaired) electrons. The van der Waals surface area contributed by atoms with E-state index < -0.39 is 11.6 Å². The summed E-state index contributed by atoms with van der Waals surface area (Å²) in [6.45, 7) is 2.24. The van der Waals surface area contributed by atoms with E-state index in [-0.39, 0.29) is 5.75 Å². The summed E-state index contributed by atoms with van der Waals surface area (Å²) in [6.07, 6.45) is 16.3. The van der Waals surface area contributed by atoms with Crippen molar-refractivity contribution in [3.05, 3.63) is 228 Å². The van der Waals surface area contributed by atoms with E-state index in [2.05, 4.69) is 105 Å². The number of nitriles is 1. The van der Waals surface area contributed by atoms with Crippen LogP contribution in [0.5, 0.6) is 17.2 Å². The van der Waals surface area contributed by atoms with Crippen LogP contribution < -0.4 is 28.7 Å². The predicted molar refractivity (Wildman–Crippen MR) is 242 cm³/mol. The van der Waals surface area contributed by atoms with E-state index in [4.69, 9.17) is 20.5 Å². The number of pyridine rings is 4. The third kappa shape index (κ3) is 6.96. The van der Waals surface area contributed by atoms with Crippen LogP contribution in [0.3, 0.4) is 0 Å². The van der Waals surface area contributed by atoms with Crippen LogP contribution in [0.4, 0.5) is 5.69 Å². The Morgan fingerprint density at radius 3 is 1.66 bits per heavy atom. The van der Waals surface area contributed by atoms with Crippen LogP contribution in [0.1, 0.15) is 43.7 Å². The first-order valence-corrected chi connectivity index (χ1v) is 21.4. The Labute approximate surface area is 375 Å². The number of benzene rings is 5. The molecule has 1 atom stereocenters. The summed E-state index contributed by atoms with van der Waals surface area (Å²) in [4.78, 5) is 13.6. The largest absolute Gasteiger partial charge is 0.507 e. The molecule has 10 nitrogen and oxygen atoms in total. The van der Waals surface area contributed by atoms with Gasteiger partial charge in [-0.25, -0.2) is 18.5 Å². The highest BCUT2D eigenvalue weighted by Crippen LogP contribution is 2.59. The third-order valence-corrected chi connectivity index (χ3v) is 12.6. The molecule has 5 aromatic carbocycles. The Balaban J connectivity index is 0.798. The number of aromatic nitrogens is 4. The van der Waals surface area contributed by atoms with Gasteiger partial charge in [0, 0.05) is 82.0 Å². The highest BCUT2D eigenvalue weighted by atomic mass is 16.6. The normalized spacial score (nSPS) is 14.5. The summed E-state index contributed by atoms with van der Waals surface area (Å²) in [7, 11) is 0. The topological polar surface area (TPSA) is 121 Å². The van der Waals surface area contributed by atoms with Crippen LogP contribution >= 0.6 is 0 Å². The Kier molecular flexibility index (Phi) is 9.59. The number of carbonyl (C=O) groups is 1. The number of fused-ring (bicyclic) bond motifs is 8. The maximum atomic E-state index is 13.6. The fourth-order valence-corrected chi connectivity index (χ4v) is 9.23. The number of aromatic hydroxyl groups is 1. The zero-order chi connectivity index (χ0) is 44.1. The van der Waals surface area contributed by atoms with E-state index in [0.717, 1.165) is 46.3 Å². The van der Waals surface area contributed by atoms with Gasteiger partial charge in [-0.3, -0.25) is 0 Å². The van der Waals surface area contributed by atoms with Crippen LogP contribution in [-0.2, 0) is 36.5 Å². The van der Waals surface area contributed by atoms with E-state index in [1.165, 1.54) is 11.1 Å². The lowest BCUT2D eigenvalue weighted by Gasteiger charge is -2.37. The highest BCUT2D eigenvalue weighted by molar-refractivity contribution is 6.00. The molecule has 0 bridgehead atoms. The molecule has 1 spiro atoms. The number of nitrogen functional groups attached to an aromatic ring is 1. The van der Waals surface area contributed by atoms with E-state index in [0.29, 0.717) is 57.9 Å². The molecular formula is C55H42N6O4+4. The molecule has 3 N–H and O–H groups in total. The zero-order valence-electron chi connectivity index (χ0n) is 35.2. The van der Waals surface area contributed by atoms with Crippen molar-refractivity contribution >= 4 is 22.4 Å². The summed E-state index contributed by atoms with van der Waals surface area (Å²) in [5, 5.41) is 21.4. The van der Waals surface area contributed by atoms with E-state index >= 15 is 0 Å². The Morgan fingerprint density at radius 1 is 0.554 bits per heavy atom. The highest BCUT2D eigenvalue weighted by Gasteiger charge is 2.54. The molecule has 6 heterocycles. The number of nitrogens with zero attached hydrogens (tertiary/aromatic N) is 5. The number of ether oxygens (including phenoxy) is 2. The molecule has 0 fully saturated rings. The molecule has 11 rings (SSSR count). The first kappa shape index (κ1) is 39.2. The first-order valence-electron chi connectivity index (χ1n) is 21.4. The molecule has 9 aromatic rings. The number of anilines is 1. The molecule has 4 aromatic heterocycles. The summed E-state index contributed by atoms with van der Waals surface area (Å²) in [6, 6.07) is 48.0. The zero-order valence-corrected chi connectivity index (χ0v) is 35.2. The fraction of sp³-hybridized carbons (Fsp3) is 0.0909. The van der Waals surface area contributed by atoms with Gasteiger partial charge >= 0.3 is 5.97 Å². The van der Waals surface area contributed by atoms with Crippen molar-refractivity contribution in [2.24, 2.45) is 0 Å². The quantitative estimate of drug-likeness (QED) is 0.0868. The number of phenols is 1. The number of hydrogen-bond donors (Lipinski definition) is 2. The third-order valence-electron chi connectivity index (χ3n) is 12.6. The number of carbonyl (C=O) groups excluding carboxylic acids is 1. The average molecular weight is 851 g/mol. The lowest BCUT2D eigenvalue weighted by atomic mass is 9.76. The summed E-state index contributed by atoms with van der Waals surface area (Å²) < 4.78 is 21.5. The molecule has 1 unspecified atom stereocenters. The van der Waals surface area contributed by atoms with Crippen molar-refractivity contribution in [2.75, 3.05) is 5.73 Å². The Hall–Kier alpha value is -8.68. The SMILES string of the molecule is N#CC[n+]1ccc(-c2cc[n+](Cc3ccc(C[n+]4ccc(-c5cc[n+](Cc6c(N)ccc7c6Oc6c(ccc8cccc(O)c68)C76OC(=O)c7ccccc76)cc5)cc4)cc3)cc2)cc1. The second kappa shape index (κ2) is 15.9. The standard InChI is InChI=1S/C55H41N6O4/c56-24-33-58-25-16-39(17-26-58)40-18-27-59(28-19-40)34-37-8-10-38(11-9-37)35-60-29-20-41(21-30-60)42-22-31-61(32-23-42)36-45-49(57)15-14-47-52(45)64-53-48(13-12-43-4-3-7-50(62)51(43)53)55(47)46-6-2-1-5-44(46)54(63)65-55/h1-23,25-32H,33-36,57H2/q+3/p+1. The molecule has 10 heteroatoms. The monoisotopic (exact) mass is 850 g/mol. The van der Waals surface area contributed by atoms with Crippen LogP contribution in [0.2, 0.25) is 0 Å². The minimum atomic E-state index is -1.31. The fourth-order valence-electron chi connectivity index (χ4n) is 9.23. The lowest BCUT2D eigenvalue weighted by molar-refractivity contribution is -0.688. The van der Waals surface area contributed by atoms with Crippen molar-refractivity contribution in [1.29, 1.82) is 5.26 Å². The van der Waals surface area contributed by atoms with Crippen LogP contribution in [-0.4, -0.2) is 11.1 Å². The van der Waals surface area contributed by atoms with E-state index in [9.17, 15) is 9.90 Å². The number of rotatable bonds is 9. The van der Waals surface area contributed by atoms with Crippen LogP contribution in [0, 0.1) is 11.3 Å². The van der Waals surface area contributed by atoms with Gasteiger partial charge in [-0.05, 0) is 58.0 Å². The van der Waals surface area contributed by atoms with E-state index in [1.807, 2.05) is 90.0 Å². The number of nitrogens with two attached hydrogens (primary N) is 1. The predicted octanol–water partition coefficient (Wildman–Crippen LogP) is 7.85. The molecule has 65 heavy (non-hydrogen) atoms. The minimum Gasteiger partial charge on any atom is -0.507 e. The molecule has 312 valence electrons. The van der Waals surface area contributed by atoms with Gasteiger partial charge in [-0.1, -0.05) is 60.7 Å². The minimum absolute atomic E-state index is 0.0674. The average Bonchev–Trinajstić information content (AvgIpc) is 3.63. The molecule has 2 aliphatic rings. The van der Waals surface area contributed by atoms with Gasteiger partial charge in [0.05, 0.1) is 16.5 Å². The van der Waals surface area contributed by atoms with Gasteiger partial charge < -0.3 is 20.3 Å². The van der Waals surface area contributed by atoms with Crippen LogP contribution in [0.15, 0.2) is 189 Å². The summed E-state index contributed by atoms with van der Waals surface area (Å²) in [5.41, 5.74) is 16.1. The second-order valence-electron chi connectivity index (χ2n) is 16.6. The van der Waals surface area contributed by atoms with Gasteiger partial charge in [0.2, 0.25) is 6.54 Å². The maximum Gasteiger partial charge on any atom is 0.340 e. The molecule has 0 saturated carbocycles. The Morgan fingerprint density at radius 2 is 1.08 bits per heavy atom. The maximum absolute atomic E-state index is 13.6. The Bertz CT molecular complexity index is 3350.